The van der Waals surface area contributed by atoms with Crippen LogP contribution < -0.4 is 9.46 Å². The summed E-state index contributed by atoms with van der Waals surface area (Å²) in [6.45, 7) is 4.77. The second-order valence-corrected chi connectivity index (χ2v) is 8.48. The number of para-hydroxylation sites is 2. The highest BCUT2D eigenvalue weighted by Gasteiger charge is 2.27. The molecule has 2 aromatic rings. The smallest absolute Gasteiger partial charge is 0.262 e. The first-order chi connectivity index (χ1) is 13.3. The lowest BCUT2D eigenvalue weighted by Crippen LogP contribution is -2.48. The van der Waals surface area contributed by atoms with Gasteiger partial charge in [0.25, 0.3) is 15.9 Å². The second kappa shape index (κ2) is 8.20. The Hall–Kier alpha value is -2.58. The molecule has 0 saturated carbocycles. The quantitative estimate of drug-likeness (QED) is 0.828. The normalized spacial score (nSPS) is 19.9. The van der Waals surface area contributed by atoms with Crippen LogP contribution in [0.25, 0.3) is 0 Å². The summed E-state index contributed by atoms with van der Waals surface area (Å²) in [6.07, 6.45) is -0.126. The monoisotopic (exact) mass is 404 g/mol. The summed E-state index contributed by atoms with van der Waals surface area (Å²) in [4.78, 5) is 14.6. The number of carbonyl (C=O) groups is 1. The van der Waals surface area contributed by atoms with Gasteiger partial charge in [-0.25, -0.2) is 8.42 Å². The van der Waals surface area contributed by atoms with Gasteiger partial charge in [-0.1, -0.05) is 18.2 Å². The number of nitrogens with one attached hydrogen (secondary N) is 1. The molecule has 1 amide bonds. The fourth-order valence-electron chi connectivity index (χ4n) is 3.26. The molecule has 0 radical (unpaired) electrons. The van der Waals surface area contributed by atoms with Crippen molar-refractivity contribution in [3.63, 3.8) is 0 Å². The molecule has 1 aliphatic rings. The molecule has 8 heteroatoms. The third kappa shape index (κ3) is 4.45. The van der Waals surface area contributed by atoms with Crippen LogP contribution in [0.15, 0.2) is 53.4 Å². The lowest BCUT2D eigenvalue weighted by molar-refractivity contribution is -0.0586. The number of morpholine rings is 1. The number of carbonyl (C=O) groups excluding carboxylic acids is 1. The molecule has 3 rings (SSSR count). The van der Waals surface area contributed by atoms with Gasteiger partial charge in [-0.05, 0) is 44.2 Å². The van der Waals surface area contributed by atoms with Crippen molar-refractivity contribution in [2.75, 3.05) is 24.9 Å². The van der Waals surface area contributed by atoms with E-state index in [4.69, 9.17) is 9.47 Å². The Morgan fingerprint density at radius 3 is 2.46 bits per heavy atom. The predicted octanol–water partition coefficient (Wildman–Crippen LogP) is 2.75. The van der Waals surface area contributed by atoms with Crippen LogP contribution in [0, 0.1) is 0 Å². The highest BCUT2D eigenvalue weighted by molar-refractivity contribution is 7.92. The average Bonchev–Trinajstić information content (AvgIpc) is 2.67. The molecule has 150 valence electrons. The van der Waals surface area contributed by atoms with E-state index in [0.29, 0.717) is 30.1 Å². The molecule has 28 heavy (non-hydrogen) atoms. The van der Waals surface area contributed by atoms with Gasteiger partial charge in [-0.15, -0.1) is 0 Å². The van der Waals surface area contributed by atoms with E-state index in [1.54, 1.807) is 41.3 Å². The first kappa shape index (κ1) is 20.2. The molecule has 2 atom stereocenters. The molecule has 0 unspecified atom stereocenters. The molecular weight excluding hydrogens is 380 g/mol. The summed E-state index contributed by atoms with van der Waals surface area (Å²) in [5.41, 5.74) is 0.654. The number of hydrogen-bond acceptors (Lipinski definition) is 5. The zero-order chi connectivity index (χ0) is 20.3. The van der Waals surface area contributed by atoms with Crippen LogP contribution in [-0.4, -0.2) is 51.6 Å². The molecule has 1 aliphatic heterocycles. The molecule has 0 aliphatic carbocycles. The van der Waals surface area contributed by atoms with Crippen molar-refractivity contribution in [3.8, 4) is 5.75 Å². The maximum absolute atomic E-state index is 12.9. The first-order valence-corrected chi connectivity index (χ1v) is 10.5. The zero-order valence-corrected chi connectivity index (χ0v) is 16.9. The lowest BCUT2D eigenvalue weighted by Gasteiger charge is -2.35. The molecule has 1 saturated heterocycles. The molecule has 1 heterocycles. The SMILES string of the molecule is COc1ccccc1NS(=O)(=O)c1cccc(C(=O)N2C[C@@H](C)O[C@H](C)C2)c1. The summed E-state index contributed by atoms with van der Waals surface area (Å²) >= 11 is 0. The number of anilines is 1. The van der Waals surface area contributed by atoms with Gasteiger partial charge in [0.1, 0.15) is 5.75 Å². The van der Waals surface area contributed by atoms with Crippen LogP contribution in [0.4, 0.5) is 5.69 Å². The number of nitrogens with zero attached hydrogens (tertiary/aromatic N) is 1. The fraction of sp³-hybridized carbons (Fsp3) is 0.350. The first-order valence-electron chi connectivity index (χ1n) is 9.01. The minimum atomic E-state index is -3.88. The van der Waals surface area contributed by atoms with E-state index in [1.807, 2.05) is 13.8 Å². The van der Waals surface area contributed by atoms with Crippen LogP contribution in [-0.2, 0) is 14.8 Å². The summed E-state index contributed by atoms with van der Waals surface area (Å²) in [5.74, 6) is 0.200. The third-order valence-corrected chi connectivity index (χ3v) is 5.81. The largest absolute Gasteiger partial charge is 0.495 e. The number of methoxy groups -OCH3 is 1. The number of hydrogen-bond donors (Lipinski definition) is 1. The topological polar surface area (TPSA) is 84.9 Å². The highest BCUT2D eigenvalue weighted by Crippen LogP contribution is 2.26. The summed E-state index contributed by atoms with van der Waals surface area (Å²) in [7, 11) is -2.41. The Kier molecular flexibility index (Phi) is 5.90. The van der Waals surface area contributed by atoms with Crippen molar-refractivity contribution in [1.29, 1.82) is 0 Å². The fourth-order valence-corrected chi connectivity index (χ4v) is 4.37. The van der Waals surface area contributed by atoms with Crippen LogP contribution in [0.2, 0.25) is 0 Å². The van der Waals surface area contributed by atoms with E-state index < -0.39 is 10.0 Å². The molecule has 1 N–H and O–H groups in total. The van der Waals surface area contributed by atoms with E-state index >= 15 is 0 Å². The lowest BCUT2D eigenvalue weighted by atomic mass is 10.1. The molecule has 0 bridgehead atoms. The number of amides is 1. The Morgan fingerprint density at radius 2 is 1.79 bits per heavy atom. The third-order valence-electron chi connectivity index (χ3n) is 4.45. The van der Waals surface area contributed by atoms with Crippen LogP contribution in [0.3, 0.4) is 0 Å². The van der Waals surface area contributed by atoms with Crippen molar-refractivity contribution in [2.45, 2.75) is 31.0 Å². The number of ether oxygens (including phenoxy) is 2. The van der Waals surface area contributed by atoms with Gasteiger partial charge >= 0.3 is 0 Å². The zero-order valence-electron chi connectivity index (χ0n) is 16.1. The van der Waals surface area contributed by atoms with Crippen molar-refractivity contribution < 1.29 is 22.7 Å². The summed E-state index contributed by atoms with van der Waals surface area (Å²) < 4.78 is 39.0. The van der Waals surface area contributed by atoms with Gasteiger partial charge in [-0.3, -0.25) is 9.52 Å². The van der Waals surface area contributed by atoms with Gasteiger partial charge in [0, 0.05) is 18.7 Å². The highest BCUT2D eigenvalue weighted by atomic mass is 32.2. The van der Waals surface area contributed by atoms with E-state index in [0.717, 1.165) is 0 Å². The minimum absolute atomic E-state index is 0.0126. The maximum Gasteiger partial charge on any atom is 0.262 e. The Labute approximate surface area is 165 Å². The Morgan fingerprint density at radius 1 is 1.11 bits per heavy atom. The second-order valence-electron chi connectivity index (χ2n) is 6.80. The van der Waals surface area contributed by atoms with Crippen molar-refractivity contribution in [1.82, 2.24) is 4.90 Å². The Bertz CT molecular complexity index is 951. The van der Waals surface area contributed by atoms with Crippen LogP contribution >= 0.6 is 0 Å². The number of sulfonamides is 1. The standard InChI is InChI=1S/C20H24N2O5S/c1-14-12-22(13-15(2)27-14)20(23)16-7-6-8-17(11-16)28(24,25)21-18-9-4-5-10-19(18)26-3/h4-11,14-15,21H,12-13H2,1-3H3/t14-,15-/m1/s1. The summed E-state index contributed by atoms with van der Waals surface area (Å²) in [6, 6.07) is 12.8. The number of rotatable bonds is 5. The molecule has 7 nitrogen and oxygen atoms in total. The van der Waals surface area contributed by atoms with E-state index in [-0.39, 0.29) is 23.0 Å². The van der Waals surface area contributed by atoms with Crippen LogP contribution in [0.1, 0.15) is 24.2 Å². The molecule has 2 aromatic carbocycles. The average molecular weight is 404 g/mol. The van der Waals surface area contributed by atoms with Gasteiger partial charge in [0.2, 0.25) is 0 Å². The maximum atomic E-state index is 12.9. The molecule has 1 fully saturated rings. The Balaban J connectivity index is 1.85. The van der Waals surface area contributed by atoms with Gasteiger partial charge in [0.05, 0.1) is 29.9 Å². The van der Waals surface area contributed by atoms with E-state index in [2.05, 4.69) is 4.72 Å². The van der Waals surface area contributed by atoms with Gasteiger partial charge < -0.3 is 14.4 Å². The van der Waals surface area contributed by atoms with Crippen molar-refractivity contribution >= 4 is 21.6 Å². The molecule has 0 spiro atoms. The van der Waals surface area contributed by atoms with Crippen molar-refractivity contribution in [2.24, 2.45) is 0 Å². The molecular formula is C20H24N2O5S. The summed E-state index contributed by atoms with van der Waals surface area (Å²) in [5, 5.41) is 0. The minimum Gasteiger partial charge on any atom is -0.495 e. The van der Waals surface area contributed by atoms with E-state index in [1.165, 1.54) is 19.2 Å². The predicted molar refractivity (Wildman–Crippen MR) is 106 cm³/mol. The van der Waals surface area contributed by atoms with Gasteiger partial charge in [-0.2, -0.15) is 0 Å². The van der Waals surface area contributed by atoms with Crippen molar-refractivity contribution in [3.05, 3.63) is 54.1 Å². The van der Waals surface area contributed by atoms with Crippen LogP contribution in [0.5, 0.6) is 5.75 Å². The number of benzene rings is 2. The van der Waals surface area contributed by atoms with Gasteiger partial charge in [0.15, 0.2) is 0 Å². The van der Waals surface area contributed by atoms with E-state index in [9.17, 15) is 13.2 Å². The molecule has 0 aromatic heterocycles.